The highest BCUT2D eigenvalue weighted by Crippen LogP contribution is 2.30. The molecule has 192 valence electrons. The van der Waals surface area contributed by atoms with Crippen LogP contribution in [0.2, 0.25) is 5.02 Å². The summed E-state index contributed by atoms with van der Waals surface area (Å²) >= 11 is 6.23. The molecular weight excluding hydrogens is 478 g/mol. The summed E-state index contributed by atoms with van der Waals surface area (Å²) in [4.78, 5) is 29.2. The topological polar surface area (TPSA) is 108 Å². The summed E-state index contributed by atoms with van der Waals surface area (Å²) in [6.07, 6.45) is 5.10. The van der Waals surface area contributed by atoms with Gasteiger partial charge in [0.05, 0.1) is 22.3 Å². The van der Waals surface area contributed by atoms with Crippen LogP contribution in [-0.4, -0.2) is 76.7 Å². The van der Waals surface area contributed by atoms with Crippen molar-refractivity contribution in [3.8, 4) is 0 Å². The first-order valence-corrected chi connectivity index (χ1v) is 13.0. The minimum absolute atomic E-state index is 0.150. The number of carbonyl (C=O) groups is 1. The number of fused-ring (bicyclic) bond motifs is 2. The second-order valence-corrected chi connectivity index (χ2v) is 10.2. The van der Waals surface area contributed by atoms with E-state index in [2.05, 4.69) is 40.1 Å². The standard InChI is InChI=1S/C25H34ClN9O/c1-4-20-19-12-22-30-21(34-10-7-17(27)15-34)13-23(35(22)31-19)32(2)9-6-5-8-28-24-18(25(36)33(20)3)11-16(26)14-29-24/h11-14,17,20H,4-10,15,27H2,1-3H3,(H,28,29)/t17-,20-/m0/s1. The van der Waals surface area contributed by atoms with E-state index in [4.69, 9.17) is 27.4 Å². The number of hydrogen-bond acceptors (Lipinski definition) is 8. The average Bonchev–Trinajstić information content (AvgIpc) is 3.49. The van der Waals surface area contributed by atoms with Gasteiger partial charge in [-0.05, 0) is 31.7 Å². The van der Waals surface area contributed by atoms with Crippen molar-refractivity contribution in [3.63, 3.8) is 0 Å². The summed E-state index contributed by atoms with van der Waals surface area (Å²) in [5, 5.41) is 8.74. The van der Waals surface area contributed by atoms with Crippen molar-refractivity contribution in [2.24, 2.45) is 5.73 Å². The number of pyridine rings is 1. The van der Waals surface area contributed by atoms with E-state index < -0.39 is 0 Å². The van der Waals surface area contributed by atoms with Crippen LogP contribution < -0.4 is 20.9 Å². The summed E-state index contributed by atoms with van der Waals surface area (Å²) in [5.41, 5.74) is 8.21. The molecule has 10 nitrogen and oxygen atoms in total. The first-order valence-electron chi connectivity index (χ1n) is 12.6. The van der Waals surface area contributed by atoms with Crippen LogP contribution in [0.15, 0.2) is 24.4 Å². The van der Waals surface area contributed by atoms with E-state index in [0.717, 1.165) is 61.9 Å². The van der Waals surface area contributed by atoms with Crippen molar-refractivity contribution >= 4 is 40.6 Å². The van der Waals surface area contributed by atoms with Gasteiger partial charge in [0, 0.05) is 64.6 Å². The Kier molecular flexibility index (Phi) is 6.90. The van der Waals surface area contributed by atoms with Gasteiger partial charge in [-0.25, -0.2) is 9.97 Å². The second kappa shape index (κ2) is 10.1. The minimum Gasteiger partial charge on any atom is -0.369 e. The third kappa shape index (κ3) is 4.67. The van der Waals surface area contributed by atoms with Crippen molar-refractivity contribution < 1.29 is 4.79 Å². The van der Waals surface area contributed by atoms with Gasteiger partial charge >= 0.3 is 0 Å². The molecule has 3 aromatic heterocycles. The molecule has 3 aromatic rings. The summed E-state index contributed by atoms with van der Waals surface area (Å²) in [7, 11) is 3.90. The third-order valence-corrected chi connectivity index (χ3v) is 7.37. The number of anilines is 3. The first-order chi connectivity index (χ1) is 17.4. The molecule has 2 bridgehead atoms. The molecule has 0 spiro atoms. The maximum Gasteiger partial charge on any atom is 0.257 e. The maximum atomic E-state index is 13.6. The fraction of sp³-hybridized carbons (Fsp3) is 0.520. The van der Waals surface area contributed by atoms with Crippen LogP contribution in [0.5, 0.6) is 0 Å². The lowest BCUT2D eigenvalue weighted by Crippen LogP contribution is -2.32. The fourth-order valence-corrected chi connectivity index (χ4v) is 5.26. The normalized spacial score (nSPS) is 21.5. The highest BCUT2D eigenvalue weighted by atomic mass is 35.5. The van der Waals surface area contributed by atoms with Crippen molar-refractivity contribution in [1.29, 1.82) is 0 Å². The Labute approximate surface area is 216 Å². The Bertz CT molecular complexity index is 1260. The molecule has 2 aliphatic heterocycles. The predicted molar refractivity (Wildman–Crippen MR) is 143 cm³/mol. The molecule has 1 saturated heterocycles. The number of hydrogen-bond donors (Lipinski definition) is 2. The number of carbonyl (C=O) groups excluding carboxylic acids is 1. The number of aromatic nitrogens is 4. The molecule has 0 aromatic carbocycles. The second-order valence-electron chi connectivity index (χ2n) is 9.75. The molecule has 0 radical (unpaired) electrons. The summed E-state index contributed by atoms with van der Waals surface area (Å²) in [6, 6.07) is 5.71. The Morgan fingerprint density at radius 3 is 2.78 bits per heavy atom. The van der Waals surface area contributed by atoms with Gasteiger partial charge in [-0.15, -0.1) is 0 Å². The Morgan fingerprint density at radius 1 is 1.19 bits per heavy atom. The van der Waals surface area contributed by atoms with E-state index in [1.165, 1.54) is 0 Å². The first kappa shape index (κ1) is 24.6. The molecule has 1 amide bonds. The molecule has 36 heavy (non-hydrogen) atoms. The summed E-state index contributed by atoms with van der Waals surface area (Å²) in [5.74, 6) is 2.30. The van der Waals surface area contributed by atoms with E-state index in [9.17, 15) is 4.79 Å². The molecule has 5 rings (SSSR count). The van der Waals surface area contributed by atoms with E-state index in [0.29, 0.717) is 29.4 Å². The lowest BCUT2D eigenvalue weighted by Gasteiger charge is -2.26. The smallest absolute Gasteiger partial charge is 0.257 e. The highest BCUT2D eigenvalue weighted by molar-refractivity contribution is 6.31. The van der Waals surface area contributed by atoms with E-state index in [1.807, 2.05) is 10.6 Å². The zero-order valence-electron chi connectivity index (χ0n) is 21.1. The molecule has 11 heteroatoms. The van der Waals surface area contributed by atoms with Gasteiger partial charge in [-0.2, -0.15) is 9.61 Å². The Morgan fingerprint density at radius 2 is 2.03 bits per heavy atom. The van der Waals surface area contributed by atoms with Gasteiger partial charge < -0.3 is 25.8 Å². The summed E-state index contributed by atoms with van der Waals surface area (Å²) < 4.78 is 1.90. The van der Waals surface area contributed by atoms with Crippen LogP contribution in [0.3, 0.4) is 0 Å². The zero-order chi connectivity index (χ0) is 25.4. The van der Waals surface area contributed by atoms with Crippen LogP contribution in [0.25, 0.3) is 5.65 Å². The van der Waals surface area contributed by atoms with Crippen LogP contribution in [0.4, 0.5) is 17.5 Å². The van der Waals surface area contributed by atoms with Gasteiger partial charge in [-0.3, -0.25) is 4.79 Å². The van der Waals surface area contributed by atoms with Crippen LogP contribution in [0, 0.1) is 0 Å². The number of nitrogens with one attached hydrogen (secondary N) is 1. The van der Waals surface area contributed by atoms with E-state index >= 15 is 0 Å². The van der Waals surface area contributed by atoms with Gasteiger partial charge in [0.25, 0.3) is 5.91 Å². The van der Waals surface area contributed by atoms with Crippen molar-refractivity contribution in [3.05, 3.63) is 40.7 Å². The van der Waals surface area contributed by atoms with E-state index in [1.54, 1.807) is 24.2 Å². The third-order valence-electron chi connectivity index (χ3n) is 7.17. The fourth-order valence-electron chi connectivity index (χ4n) is 5.11. The van der Waals surface area contributed by atoms with Gasteiger partial charge in [0.2, 0.25) is 0 Å². The van der Waals surface area contributed by atoms with Crippen molar-refractivity contribution in [2.75, 3.05) is 55.4 Å². The Hall–Kier alpha value is -3.11. The van der Waals surface area contributed by atoms with Crippen molar-refractivity contribution in [2.45, 2.75) is 44.7 Å². The molecule has 5 heterocycles. The number of rotatable bonds is 2. The number of amides is 1. The van der Waals surface area contributed by atoms with Crippen LogP contribution in [-0.2, 0) is 0 Å². The largest absolute Gasteiger partial charge is 0.369 e. The maximum absolute atomic E-state index is 13.6. The average molecular weight is 512 g/mol. The predicted octanol–water partition coefficient (Wildman–Crippen LogP) is 3.18. The SMILES string of the molecule is CC[C@H]1c2cc3nc(N4CC[C@H](N)C4)cc(n3n2)N(C)CCCCNc2ncc(Cl)cc2C(=O)N1C. The van der Waals surface area contributed by atoms with Gasteiger partial charge in [0.15, 0.2) is 5.65 Å². The van der Waals surface area contributed by atoms with Crippen molar-refractivity contribution in [1.82, 2.24) is 24.5 Å². The Balaban J connectivity index is 1.60. The molecule has 3 N–H and O–H groups in total. The minimum atomic E-state index is -0.238. The van der Waals surface area contributed by atoms with Gasteiger partial charge in [-0.1, -0.05) is 18.5 Å². The molecule has 0 unspecified atom stereocenters. The van der Waals surface area contributed by atoms with Crippen LogP contribution >= 0.6 is 11.6 Å². The lowest BCUT2D eigenvalue weighted by molar-refractivity contribution is 0.0723. The number of nitrogens with two attached hydrogens (primary N) is 1. The number of halogens is 1. The molecule has 1 fully saturated rings. The molecule has 2 atom stereocenters. The lowest BCUT2D eigenvalue weighted by atomic mass is 10.1. The summed E-state index contributed by atoms with van der Waals surface area (Å²) in [6.45, 7) is 5.30. The monoisotopic (exact) mass is 511 g/mol. The molecular formula is C25H34ClN9O. The number of nitrogens with zero attached hydrogens (tertiary/aromatic N) is 7. The van der Waals surface area contributed by atoms with Gasteiger partial charge in [0.1, 0.15) is 17.5 Å². The molecule has 0 saturated carbocycles. The zero-order valence-corrected chi connectivity index (χ0v) is 21.9. The van der Waals surface area contributed by atoms with Crippen LogP contribution in [0.1, 0.15) is 54.7 Å². The highest BCUT2D eigenvalue weighted by Gasteiger charge is 2.28. The molecule has 2 aliphatic rings. The quantitative estimate of drug-likeness (QED) is 0.540. The molecule has 0 aliphatic carbocycles. The van der Waals surface area contributed by atoms with E-state index in [-0.39, 0.29) is 18.0 Å².